The maximum absolute atomic E-state index is 12.1. The van der Waals surface area contributed by atoms with E-state index in [0.717, 1.165) is 37.6 Å². The van der Waals surface area contributed by atoms with Crippen LogP contribution in [0.15, 0.2) is 18.5 Å². The number of hydrogen-bond acceptors (Lipinski definition) is 5. The van der Waals surface area contributed by atoms with E-state index < -0.39 is 0 Å². The lowest BCUT2D eigenvalue weighted by molar-refractivity contribution is -0.129. The molecule has 0 aromatic carbocycles. The molecule has 4 rings (SSSR count). The number of carbonyl (C=O) groups is 1. The lowest BCUT2D eigenvalue weighted by Crippen LogP contribution is -2.39. The Bertz CT molecular complexity index is 716. The second-order valence-corrected chi connectivity index (χ2v) is 7.73. The van der Waals surface area contributed by atoms with Crippen molar-refractivity contribution in [2.75, 3.05) is 25.1 Å². The van der Waals surface area contributed by atoms with Crippen molar-refractivity contribution in [3.63, 3.8) is 0 Å². The number of piperidine rings is 1. The summed E-state index contributed by atoms with van der Waals surface area (Å²) < 4.78 is 4.25. The first kappa shape index (κ1) is 16.6. The molecule has 134 valence electrons. The van der Waals surface area contributed by atoms with Crippen LogP contribution in [0.1, 0.15) is 49.3 Å². The fourth-order valence-corrected chi connectivity index (χ4v) is 4.02. The van der Waals surface area contributed by atoms with Crippen molar-refractivity contribution in [2.45, 2.75) is 44.2 Å². The molecule has 0 radical (unpaired) electrons. The van der Waals surface area contributed by atoms with Gasteiger partial charge in [-0.1, -0.05) is 0 Å². The molecular formula is C17H24N6OS. The molecule has 1 aliphatic carbocycles. The average molecular weight is 360 g/mol. The van der Waals surface area contributed by atoms with Crippen LogP contribution < -0.4 is 0 Å². The number of rotatable bonds is 6. The number of nitrogens with zero attached hydrogens (tertiary/aromatic N) is 6. The molecule has 25 heavy (non-hydrogen) atoms. The van der Waals surface area contributed by atoms with Crippen LogP contribution in [0.4, 0.5) is 0 Å². The number of hydrogen-bond donors (Lipinski definition) is 0. The average Bonchev–Trinajstić information content (AvgIpc) is 3.17. The van der Waals surface area contributed by atoms with Crippen LogP contribution in [0.5, 0.6) is 0 Å². The van der Waals surface area contributed by atoms with Crippen molar-refractivity contribution in [3.05, 3.63) is 30.1 Å². The lowest BCUT2D eigenvalue weighted by atomic mass is 9.96. The van der Waals surface area contributed by atoms with Crippen molar-refractivity contribution < 1.29 is 4.79 Å². The number of aromatic nitrogens is 5. The molecule has 0 N–H and O–H groups in total. The minimum Gasteiger partial charge on any atom is -0.342 e. The quantitative estimate of drug-likeness (QED) is 0.787. The Morgan fingerprint density at radius 3 is 2.68 bits per heavy atom. The van der Waals surface area contributed by atoms with Gasteiger partial charge in [-0.2, -0.15) is 16.9 Å². The molecular weight excluding hydrogens is 336 g/mol. The lowest BCUT2D eigenvalue weighted by Gasteiger charge is -2.31. The highest BCUT2D eigenvalue weighted by atomic mass is 32.2. The highest BCUT2D eigenvalue weighted by molar-refractivity contribution is 7.99. The first-order valence-corrected chi connectivity index (χ1v) is 10.3. The van der Waals surface area contributed by atoms with E-state index in [4.69, 9.17) is 0 Å². The van der Waals surface area contributed by atoms with Gasteiger partial charge in [-0.3, -0.25) is 9.48 Å². The standard InChI is InChI=1S/C17H24N6OS/c1-25-12-16(24)21-9-5-13(6-10-21)17-20-19-15(23(17)14-3-4-14)11-22-8-2-7-18-22/h2,7-8,13-14H,3-6,9-12H2,1H3. The van der Waals surface area contributed by atoms with Gasteiger partial charge in [-0.25, -0.2) is 0 Å². The van der Waals surface area contributed by atoms with Gasteiger partial charge in [-0.15, -0.1) is 10.2 Å². The molecule has 0 unspecified atom stereocenters. The molecule has 2 aromatic rings. The van der Waals surface area contributed by atoms with Crippen LogP contribution in [0.25, 0.3) is 0 Å². The highest BCUT2D eigenvalue weighted by Gasteiger charge is 2.34. The Morgan fingerprint density at radius 2 is 2.04 bits per heavy atom. The number of thioether (sulfide) groups is 1. The molecule has 1 saturated heterocycles. The zero-order chi connectivity index (χ0) is 17.2. The fourth-order valence-electron chi connectivity index (χ4n) is 3.59. The Morgan fingerprint density at radius 1 is 1.24 bits per heavy atom. The molecule has 2 fully saturated rings. The maximum Gasteiger partial charge on any atom is 0.232 e. The molecule has 8 heteroatoms. The summed E-state index contributed by atoms with van der Waals surface area (Å²) in [5.74, 6) is 3.35. The SMILES string of the molecule is CSCC(=O)N1CCC(c2nnc(Cn3cccn3)n2C2CC2)CC1. The maximum atomic E-state index is 12.1. The fraction of sp³-hybridized carbons (Fsp3) is 0.647. The van der Waals surface area contributed by atoms with Crippen LogP contribution in [0.3, 0.4) is 0 Å². The smallest absolute Gasteiger partial charge is 0.232 e. The molecule has 2 aliphatic rings. The summed E-state index contributed by atoms with van der Waals surface area (Å²) in [6.45, 7) is 2.33. The van der Waals surface area contributed by atoms with Gasteiger partial charge in [0.25, 0.3) is 0 Å². The summed E-state index contributed by atoms with van der Waals surface area (Å²) in [6, 6.07) is 2.48. The number of likely N-dealkylation sites (tertiary alicyclic amines) is 1. The van der Waals surface area contributed by atoms with Crippen molar-refractivity contribution >= 4 is 17.7 Å². The van der Waals surface area contributed by atoms with E-state index in [9.17, 15) is 4.79 Å². The summed E-state index contributed by atoms with van der Waals surface area (Å²) in [5, 5.41) is 13.3. The Labute approximate surface area is 151 Å². The molecule has 3 heterocycles. The van der Waals surface area contributed by atoms with Gasteiger partial charge in [-0.05, 0) is 38.0 Å². The van der Waals surface area contributed by atoms with Gasteiger partial charge < -0.3 is 9.47 Å². The second kappa shape index (κ2) is 7.19. The van der Waals surface area contributed by atoms with Gasteiger partial charge in [0.05, 0.1) is 5.75 Å². The number of amides is 1. The predicted octanol–water partition coefficient (Wildman–Crippen LogP) is 1.93. The van der Waals surface area contributed by atoms with E-state index in [-0.39, 0.29) is 5.91 Å². The van der Waals surface area contributed by atoms with E-state index >= 15 is 0 Å². The van der Waals surface area contributed by atoms with E-state index in [1.807, 2.05) is 28.1 Å². The monoisotopic (exact) mass is 360 g/mol. The summed E-state index contributed by atoms with van der Waals surface area (Å²) in [7, 11) is 0. The van der Waals surface area contributed by atoms with Gasteiger partial charge >= 0.3 is 0 Å². The van der Waals surface area contributed by atoms with Crippen LogP contribution in [-0.2, 0) is 11.3 Å². The topological polar surface area (TPSA) is 68.8 Å². The normalized spacial score (nSPS) is 18.7. The molecule has 1 saturated carbocycles. The summed E-state index contributed by atoms with van der Waals surface area (Å²) >= 11 is 1.59. The van der Waals surface area contributed by atoms with Crippen LogP contribution in [-0.4, -0.2) is 60.5 Å². The zero-order valence-electron chi connectivity index (χ0n) is 14.5. The molecule has 2 aromatic heterocycles. The van der Waals surface area contributed by atoms with E-state index in [2.05, 4.69) is 19.9 Å². The molecule has 7 nitrogen and oxygen atoms in total. The van der Waals surface area contributed by atoms with E-state index in [1.165, 1.54) is 12.8 Å². The summed E-state index contributed by atoms with van der Waals surface area (Å²) in [5.41, 5.74) is 0. The Hall–Kier alpha value is -1.83. The molecule has 0 spiro atoms. The molecule has 0 atom stereocenters. The highest BCUT2D eigenvalue weighted by Crippen LogP contribution is 2.39. The van der Waals surface area contributed by atoms with E-state index in [0.29, 0.717) is 24.3 Å². The molecule has 0 bridgehead atoms. The van der Waals surface area contributed by atoms with Gasteiger partial charge in [0, 0.05) is 37.4 Å². The van der Waals surface area contributed by atoms with Gasteiger partial charge in [0.15, 0.2) is 5.82 Å². The van der Waals surface area contributed by atoms with Crippen LogP contribution in [0.2, 0.25) is 0 Å². The minimum absolute atomic E-state index is 0.258. The first-order valence-electron chi connectivity index (χ1n) is 8.94. The van der Waals surface area contributed by atoms with Crippen molar-refractivity contribution in [1.29, 1.82) is 0 Å². The summed E-state index contributed by atoms with van der Waals surface area (Å²) in [4.78, 5) is 14.1. The van der Waals surface area contributed by atoms with Crippen molar-refractivity contribution in [3.8, 4) is 0 Å². The Kier molecular flexibility index (Phi) is 4.78. The summed E-state index contributed by atoms with van der Waals surface area (Å²) in [6.07, 6.45) is 10.1. The third kappa shape index (κ3) is 3.58. The van der Waals surface area contributed by atoms with Gasteiger partial charge in [0.1, 0.15) is 12.4 Å². The predicted molar refractivity (Wildman–Crippen MR) is 96.6 cm³/mol. The minimum atomic E-state index is 0.258. The van der Waals surface area contributed by atoms with Gasteiger partial charge in [0.2, 0.25) is 5.91 Å². The first-order chi connectivity index (χ1) is 12.3. The van der Waals surface area contributed by atoms with E-state index in [1.54, 1.807) is 18.0 Å². The Balaban J connectivity index is 1.48. The van der Waals surface area contributed by atoms with Crippen molar-refractivity contribution in [1.82, 2.24) is 29.4 Å². The largest absolute Gasteiger partial charge is 0.342 e. The zero-order valence-corrected chi connectivity index (χ0v) is 15.4. The number of carbonyl (C=O) groups excluding carboxylic acids is 1. The third-order valence-corrected chi connectivity index (χ3v) is 5.58. The molecule has 1 aliphatic heterocycles. The second-order valence-electron chi connectivity index (χ2n) is 6.87. The third-order valence-electron chi connectivity index (χ3n) is 5.05. The van der Waals surface area contributed by atoms with Crippen LogP contribution >= 0.6 is 11.8 Å². The van der Waals surface area contributed by atoms with Crippen molar-refractivity contribution in [2.24, 2.45) is 0 Å². The van der Waals surface area contributed by atoms with Crippen LogP contribution in [0, 0.1) is 0 Å². The molecule has 1 amide bonds.